The van der Waals surface area contributed by atoms with Crippen LogP contribution in [0.4, 0.5) is 4.79 Å². The van der Waals surface area contributed by atoms with Gasteiger partial charge in [0.25, 0.3) is 0 Å². The van der Waals surface area contributed by atoms with E-state index in [4.69, 9.17) is 4.74 Å². The van der Waals surface area contributed by atoms with Crippen molar-refractivity contribution in [1.82, 2.24) is 10.2 Å². The third-order valence-electron chi connectivity index (χ3n) is 5.41. The largest absolute Gasteiger partial charge is 0.511 e. The van der Waals surface area contributed by atoms with Crippen LogP contribution in [-0.2, 0) is 22.6 Å². The highest BCUT2D eigenvalue weighted by Gasteiger charge is 2.36. The van der Waals surface area contributed by atoms with Gasteiger partial charge in [-0.2, -0.15) is 0 Å². The zero-order chi connectivity index (χ0) is 20.2. The molecule has 2 N–H and O–H groups in total. The molecule has 2 amide bonds. The Labute approximate surface area is 169 Å². The minimum atomic E-state index is -0.882. The van der Waals surface area contributed by atoms with Crippen LogP contribution in [0.25, 0.3) is 0 Å². The van der Waals surface area contributed by atoms with Gasteiger partial charge in [-0.05, 0) is 42.0 Å². The van der Waals surface area contributed by atoms with E-state index in [9.17, 15) is 14.7 Å². The van der Waals surface area contributed by atoms with E-state index in [0.29, 0.717) is 0 Å². The van der Waals surface area contributed by atoms with Gasteiger partial charge in [0, 0.05) is 0 Å². The zero-order valence-electron chi connectivity index (χ0n) is 16.1. The highest BCUT2D eigenvalue weighted by atomic mass is 16.6. The Balaban J connectivity index is 1.42. The summed E-state index contributed by atoms with van der Waals surface area (Å²) in [6, 6.07) is 16.5. The first-order valence-corrected chi connectivity index (χ1v) is 9.87. The molecule has 0 aromatic heterocycles. The van der Waals surface area contributed by atoms with Crippen molar-refractivity contribution in [1.29, 1.82) is 0 Å². The van der Waals surface area contributed by atoms with Gasteiger partial charge < -0.3 is 15.2 Å². The maximum Gasteiger partial charge on any atom is 0.411 e. The number of carbonyl (C=O) groups is 2. The molecule has 0 radical (unpaired) electrons. The molecule has 0 spiro atoms. The summed E-state index contributed by atoms with van der Waals surface area (Å²) in [5, 5.41) is 13.0. The van der Waals surface area contributed by atoms with Crippen LogP contribution in [0.1, 0.15) is 35.6 Å². The second-order valence-electron chi connectivity index (χ2n) is 7.42. The lowest BCUT2D eigenvalue weighted by Crippen LogP contribution is -2.47. The molecule has 0 bridgehead atoms. The first-order chi connectivity index (χ1) is 14.1. The smallest absolute Gasteiger partial charge is 0.411 e. The van der Waals surface area contributed by atoms with Crippen molar-refractivity contribution in [2.75, 3.05) is 6.54 Å². The number of carbonyl (C=O) groups excluding carboxylic acids is 2. The van der Waals surface area contributed by atoms with Crippen molar-refractivity contribution < 1.29 is 19.4 Å². The Hall–Kier alpha value is -3.28. The van der Waals surface area contributed by atoms with Crippen molar-refractivity contribution in [2.24, 2.45) is 0 Å². The number of aliphatic hydroxyl groups is 1. The Kier molecular flexibility index (Phi) is 5.51. The molecular formula is C23H24N2O4. The molecule has 4 rings (SSSR count). The van der Waals surface area contributed by atoms with E-state index in [-0.39, 0.29) is 30.9 Å². The van der Waals surface area contributed by atoms with E-state index in [1.165, 1.54) is 16.5 Å². The molecule has 0 saturated heterocycles. The fourth-order valence-electron chi connectivity index (χ4n) is 3.96. The summed E-state index contributed by atoms with van der Waals surface area (Å²) in [7, 11) is 0. The van der Waals surface area contributed by atoms with Crippen LogP contribution >= 0.6 is 0 Å². The zero-order valence-corrected chi connectivity index (χ0v) is 16.1. The molecule has 29 heavy (non-hydrogen) atoms. The maximum atomic E-state index is 12.9. The van der Waals surface area contributed by atoms with Gasteiger partial charge >= 0.3 is 6.09 Å². The van der Waals surface area contributed by atoms with Crippen molar-refractivity contribution in [3.05, 3.63) is 83.1 Å². The SMILES string of the molecule is O=C(N[C@@H]1CCCc2ccccc21)C1C=C(O)CN1C(=O)OCc1ccccc1. The molecule has 2 aromatic carbocycles. The third-order valence-corrected chi connectivity index (χ3v) is 5.41. The van der Waals surface area contributed by atoms with E-state index in [1.807, 2.05) is 48.5 Å². The molecule has 6 heteroatoms. The van der Waals surface area contributed by atoms with E-state index in [1.54, 1.807) is 0 Å². The van der Waals surface area contributed by atoms with Crippen LogP contribution in [0.5, 0.6) is 0 Å². The highest BCUT2D eigenvalue weighted by Crippen LogP contribution is 2.30. The quantitative estimate of drug-likeness (QED) is 0.833. The Morgan fingerprint density at radius 2 is 1.86 bits per heavy atom. The number of hydrogen-bond donors (Lipinski definition) is 2. The second-order valence-corrected chi connectivity index (χ2v) is 7.42. The number of benzene rings is 2. The monoisotopic (exact) mass is 392 g/mol. The lowest BCUT2D eigenvalue weighted by molar-refractivity contribution is -0.125. The van der Waals surface area contributed by atoms with Gasteiger partial charge in [0.15, 0.2) is 0 Å². The third kappa shape index (κ3) is 4.26. The Bertz CT molecular complexity index is 925. The molecule has 0 fully saturated rings. The van der Waals surface area contributed by atoms with Crippen LogP contribution in [0, 0.1) is 0 Å². The number of aryl methyl sites for hydroxylation is 1. The number of nitrogens with one attached hydrogen (secondary N) is 1. The highest BCUT2D eigenvalue weighted by molar-refractivity contribution is 5.89. The van der Waals surface area contributed by atoms with E-state index < -0.39 is 12.1 Å². The average Bonchev–Trinajstić information content (AvgIpc) is 3.15. The lowest BCUT2D eigenvalue weighted by Gasteiger charge is -2.29. The van der Waals surface area contributed by atoms with Crippen LogP contribution in [0.15, 0.2) is 66.4 Å². The van der Waals surface area contributed by atoms with E-state index >= 15 is 0 Å². The average molecular weight is 392 g/mol. The van der Waals surface area contributed by atoms with Crippen molar-refractivity contribution >= 4 is 12.0 Å². The normalized spacial score (nSPS) is 20.6. The molecule has 0 saturated carbocycles. The van der Waals surface area contributed by atoms with Gasteiger partial charge in [-0.15, -0.1) is 0 Å². The van der Waals surface area contributed by atoms with Crippen LogP contribution in [0.2, 0.25) is 0 Å². The standard InChI is InChI=1S/C23H24N2O4/c26-18-13-21(25(14-18)23(28)29-15-16-7-2-1-3-8-16)22(27)24-20-12-6-10-17-9-4-5-11-19(17)20/h1-5,7-9,11,13,20-21,26H,6,10,12,14-15H2,(H,24,27)/t20-,21?/m1/s1. The number of aliphatic hydroxyl groups excluding tert-OH is 1. The summed E-state index contributed by atoms with van der Waals surface area (Å²) in [6.45, 7) is 0.0776. The summed E-state index contributed by atoms with van der Waals surface area (Å²) >= 11 is 0. The number of hydrogen-bond acceptors (Lipinski definition) is 4. The molecule has 1 unspecified atom stereocenters. The van der Waals surface area contributed by atoms with Gasteiger partial charge in [0.05, 0.1) is 12.6 Å². The van der Waals surface area contributed by atoms with Crippen molar-refractivity contribution in [3.63, 3.8) is 0 Å². The molecule has 2 aromatic rings. The number of ether oxygens (including phenoxy) is 1. The molecular weight excluding hydrogens is 368 g/mol. The van der Waals surface area contributed by atoms with Gasteiger partial charge in [-0.25, -0.2) is 4.79 Å². The molecule has 1 heterocycles. The summed E-state index contributed by atoms with van der Waals surface area (Å²) in [6.07, 6.45) is 3.64. The predicted octanol–water partition coefficient (Wildman–Crippen LogP) is 3.64. The summed E-state index contributed by atoms with van der Waals surface area (Å²) in [4.78, 5) is 26.7. The molecule has 6 nitrogen and oxygen atoms in total. The molecule has 2 atom stereocenters. The second kappa shape index (κ2) is 8.39. The number of amides is 2. The van der Waals surface area contributed by atoms with Gasteiger partial charge in [0.1, 0.15) is 18.4 Å². The minimum absolute atomic E-state index is 0.00847. The van der Waals surface area contributed by atoms with Crippen LogP contribution < -0.4 is 5.32 Å². The predicted molar refractivity (Wildman–Crippen MR) is 108 cm³/mol. The number of nitrogens with zero attached hydrogens (tertiary/aromatic N) is 1. The number of fused-ring (bicyclic) bond motifs is 1. The summed E-state index contributed by atoms with van der Waals surface area (Å²) < 4.78 is 5.35. The summed E-state index contributed by atoms with van der Waals surface area (Å²) in [5.41, 5.74) is 3.22. The Morgan fingerprint density at radius 3 is 2.69 bits per heavy atom. The molecule has 2 aliphatic rings. The molecule has 150 valence electrons. The first-order valence-electron chi connectivity index (χ1n) is 9.87. The van der Waals surface area contributed by atoms with Crippen LogP contribution in [0.3, 0.4) is 0 Å². The maximum absolute atomic E-state index is 12.9. The van der Waals surface area contributed by atoms with Gasteiger partial charge in [-0.1, -0.05) is 54.6 Å². The van der Waals surface area contributed by atoms with Crippen molar-refractivity contribution in [3.8, 4) is 0 Å². The van der Waals surface area contributed by atoms with E-state index in [0.717, 1.165) is 30.4 Å². The van der Waals surface area contributed by atoms with Gasteiger partial charge in [-0.3, -0.25) is 9.69 Å². The summed E-state index contributed by atoms with van der Waals surface area (Å²) in [5.74, 6) is -0.321. The Morgan fingerprint density at radius 1 is 1.10 bits per heavy atom. The van der Waals surface area contributed by atoms with Gasteiger partial charge in [0.2, 0.25) is 5.91 Å². The van der Waals surface area contributed by atoms with E-state index in [2.05, 4.69) is 11.4 Å². The molecule has 1 aliphatic heterocycles. The number of rotatable bonds is 4. The van der Waals surface area contributed by atoms with Crippen LogP contribution in [-0.4, -0.2) is 34.6 Å². The van der Waals surface area contributed by atoms with Crippen molar-refractivity contribution in [2.45, 2.75) is 38.0 Å². The fraction of sp³-hybridized carbons (Fsp3) is 0.304. The first kappa shape index (κ1) is 19.1. The minimum Gasteiger partial charge on any atom is -0.511 e. The molecule has 1 aliphatic carbocycles. The topological polar surface area (TPSA) is 78.9 Å². The fourth-order valence-corrected chi connectivity index (χ4v) is 3.96. The lowest BCUT2D eigenvalue weighted by atomic mass is 9.87.